The molecule has 0 unspecified atom stereocenters. The molecule has 3 heterocycles. The SMILES string of the molecule is CCOCCn1nc(OC(=O)O)c2nc(N(C)CC)nc(Nc3ccnc(OC)n3)c21. The van der Waals surface area contributed by atoms with Crippen LogP contribution in [0.3, 0.4) is 0 Å². The first-order chi connectivity index (χ1) is 15.0. The molecule has 0 aliphatic carbocycles. The highest BCUT2D eigenvalue weighted by molar-refractivity contribution is 5.92. The molecule has 0 saturated heterocycles. The Morgan fingerprint density at radius 3 is 2.77 bits per heavy atom. The Hall–Kier alpha value is -3.74. The second-order valence-electron chi connectivity index (χ2n) is 6.23. The number of hydrogen-bond donors (Lipinski definition) is 2. The third-order valence-electron chi connectivity index (χ3n) is 4.26. The number of hydrogen-bond acceptors (Lipinski definition) is 11. The Bertz CT molecular complexity index is 1060. The standard InChI is InChI=1S/C18H24N8O5/c1-5-25(3)16-22-12-13(14(23-16)20-11-7-8-19-17(21-11)29-4)26(9-10-30-6-2)24-15(12)31-18(27)28/h7-8H,5-6,9-10H2,1-4H3,(H,27,28)(H,19,20,21,22,23). The molecular formula is C18H24N8O5. The van der Waals surface area contributed by atoms with E-state index in [0.29, 0.717) is 49.4 Å². The van der Waals surface area contributed by atoms with Crippen molar-refractivity contribution in [3.05, 3.63) is 12.3 Å². The van der Waals surface area contributed by atoms with Crippen LogP contribution in [0.2, 0.25) is 0 Å². The maximum atomic E-state index is 11.2. The van der Waals surface area contributed by atoms with Gasteiger partial charge in [-0.25, -0.2) is 14.8 Å². The molecule has 13 nitrogen and oxygen atoms in total. The number of anilines is 3. The highest BCUT2D eigenvalue weighted by atomic mass is 16.7. The minimum atomic E-state index is -1.49. The van der Waals surface area contributed by atoms with Crippen LogP contribution in [0.25, 0.3) is 11.0 Å². The molecule has 0 aliphatic heterocycles. The maximum absolute atomic E-state index is 11.2. The lowest BCUT2D eigenvalue weighted by Gasteiger charge is -2.16. The number of aromatic nitrogens is 6. The molecule has 166 valence electrons. The van der Waals surface area contributed by atoms with Crippen molar-refractivity contribution in [2.24, 2.45) is 0 Å². The van der Waals surface area contributed by atoms with Gasteiger partial charge in [-0.15, -0.1) is 5.10 Å². The Morgan fingerprint density at radius 2 is 2.10 bits per heavy atom. The topological polar surface area (TPSA) is 150 Å². The second-order valence-corrected chi connectivity index (χ2v) is 6.23. The van der Waals surface area contributed by atoms with Crippen LogP contribution in [0.15, 0.2) is 12.3 Å². The van der Waals surface area contributed by atoms with Crippen molar-refractivity contribution in [3.8, 4) is 11.9 Å². The fourth-order valence-corrected chi connectivity index (χ4v) is 2.68. The normalized spacial score (nSPS) is 10.8. The fourth-order valence-electron chi connectivity index (χ4n) is 2.68. The zero-order chi connectivity index (χ0) is 22.4. The summed E-state index contributed by atoms with van der Waals surface area (Å²) in [7, 11) is 3.28. The first-order valence-corrected chi connectivity index (χ1v) is 9.59. The Labute approximate surface area is 178 Å². The molecule has 0 atom stereocenters. The van der Waals surface area contributed by atoms with Gasteiger partial charge in [-0.3, -0.25) is 4.68 Å². The molecule has 0 saturated carbocycles. The Morgan fingerprint density at radius 1 is 1.29 bits per heavy atom. The van der Waals surface area contributed by atoms with Crippen LogP contribution >= 0.6 is 0 Å². The van der Waals surface area contributed by atoms with Crippen molar-refractivity contribution < 1.29 is 24.1 Å². The molecule has 3 aromatic rings. The van der Waals surface area contributed by atoms with E-state index in [2.05, 4.69) is 30.4 Å². The molecule has 0 amide bonds. The van der Waals surface area contributed by atoms with Gasteiger partial charge in [-0.1, -0.05) is 0 Å². The van der Waals surface area contributed by atoms with E-state index in [1.807, 2.05) is 20.9 Å². The molecule has 3 rings (SSSR count). The molecule has 3 aromatic heterocycles. The third-order valence-corrected chi connectivity index (χ3v) is 4.26. The molecule has 0 bridgehead atoms. The minimum absolute atomic E-state index is 0.143. The fraction of sp³-hybridized carbons (Fsp3) is 0.444. The van der Waals surface area contributed by atoms with E-state index in [1.54, 1.807) is 15.6 Å². The predicted molar refractivity (Wildman–Crippen MR) is 111 cm³/mol. The minimum Gasteiger partial charge on any atom is -0.467 e. The summed E-state index contributed by atoms with van der Waals surface area (Å²) in [5.41, 5.74) is 0.689. The molecule has 0 aliphatic rings. The number of rotatable bonds is 10. The van der Waals surface area contributed by atoms with Gasteiger partial charge in [-0.05, 0) is 19.9 Å². The van der Waals surface area contributed by atoms with Gasteiger partial charge in [-0.2, -0.15) is 9.97 Å². The van der Waals surface area contributed by atoms with Crippen molar-refractivity contribution in [3.63, 3.8) is 0 Å². The molecule has 2 N–H and O–H groups in total. The first-order valence-electron chi connectivity index (χ1n) is 9.59. The van der Waals surface area contributed by atoms with Crippen molar-refractivity contribution in [2.75, 3.05) is 44.1 Å². The number of ether oxygens (including phenoxy) is 3. The third kappa shape index (κ3) is 5.06. The largest absolute Gasteiger partial charge is 0.512 e. The summed E-state index contributed by atoms with van der Waals surface area (Å²) in [5, 5.41) is 16.5. The van der Waals surface area contributed by atoms with Gasteiger partial charge in [0.15, 0.2) is 11.3 Å². The van der Waals surface area contributed by atoms with E-state index in [9.17, 15) is 4.79 Å². The van der Waals surface area contributed by atoms with E-state index >= 15 is 0 Å². The zero-order valence-electron chi connectivity index (χ0n) is 17.7. The smallest absolute Gasteiger partial charge is 0.467 e. The monoisotopic (exact) mass is 432 g/mol. The summed E-state index contributed by atoms with van der Waals surface area (Å²) in [6, 6.07) is 1.83. The average Bonchev–Trinajstić information content (AvgIpc) is 3.10. The van der Waals surface area contributed by atoms with Crippen molar-refractivity contribution in [1.82, 2.24) is 29.7 Å². The lowest BCUT2D eigenvalue weighted by molar-refractivity contribution is 0.134. The highest BCUT2D eigenvalue weighted by Gasteiger charge is 2.23. The van der Waals surface area contributed by atoms with Crippen LogP contribution in [-0.4, -0.2) is 74.9 Å². The zero-order valence-corrected chi connectivity index (χ0v) is 17.7. The lowest BCUT2D eigenvalue weighted by atomic mass is 10.4. The van der Waals surface area contributed by atoms with E-state index in [0.717, 1.165) is 0 Å². The van der Waals surface area contributed by atoms with E-state index in [1.165, 1.54) is 13.3 Å². The van der Waals surface area contributed by atoms with Gasteiger partial charge in [0.05, 0.1) is 20.3 Å². The number of carboxylic acid groups (broad SMARTS) is 1. The van der Waals surface area contributed by atoms with Crippen LogP contribution in [0.1, 0.15) is 13.8 Å². The van der Waals surface area contributed by atoms with Crippen LogP contribution < -0.4 is 19.7 Å². The van der Waals surface area contributed by atoms with E-state index in [-0.39, 0.29) is 17.4 Å². The molecule has 0 radical (unpaired) electrons. The Kier molecular flexibility index (Phi) is 6.97. The number of fused-ring (bicyclic) bond motifs is 1. The van der Waals surface area contributed by atoms with Gasteiger partial charge < -0.3 is 29.5 Å². The van der Waals surface area contributed by atoms with Gasteiger partial charge in [0, 0.05) is 26.4 Å². The second kappa shape index (κ2) is 9.84. The summed E-state index contributed by atoms with van der Waals surface area (Å²) in [6.07, 6.45) is 0.0483. The predicted octanol–water partition coefficient (Wildman–Crippen LogP) is 1.92. The molecule has 0 spiro atoms. The molecule has 31 heavy (non-hydrogen) atoms. The van der Waals surface area contributed by atoms with Crippen LogP contribution in [0.4, 0.5) is 22.4 Å². The molecule has 13 heteroatoms. The summed E-state index contributed by atoms with van der Waals surface area (Å²) in [4.78, 5) is 30.3. The average molecular weight is 432 g/mol. The van der Waals surface area contributed by atoms with Crippen LogP contribution in [0.5, 0.6) is 11.9 Å². The van der Waals surface area contributed by atoms with Crippen molar-refractivity contribution in [1.29, 1.82) is 0 Å². The number of nitrogens with zero attached hydrogens (tertiary/aromatic N) is 7. The highest BCUT2D eigenvalue weighted by Crippen LogP contribution is 2.32. The summed E-state index contributed by atoms with van der Waals surface area (Å²) >= 11 is 0. The summed E-state index contributed by atoms with van der Waals surface area (Å²) in [5.74, 6) is 1.01. The van der Waals surface area contributed by atoms with Crippen LogP contribution in [-0.2, 0) is 11.3 Å². The number of nitrogens with one attached hydrogen (secondary N) is 1. The van der Waals surface area contributed by atoms with Gasteiger partial charge in [0.1, 0.15) is 11.3 Å². The maximum Gasteiger partial charge on any atom is 0.512 e. The van der Waals surface area contributed by atoms with Gasteiger partial charge >= 0.3 is 12.2 Å². The Balaban J connectivity index is 2.17. The number of carbonyl (C=O) groups is 1. The van der Waals surface area contributed by atoms with Crippen molar-refractivity contribution >= 4 is 34.8 Å². The van der Waals surface area contributed by atoms with Crippen molar-refractivity contribution in [2.45, 2.75) is 20.4 Å². The summed E-state index contributed by atoms with van der Waals surface area (Å²) < 4.78 is 16.9. The lowest BCUT2D eigenvalue weighted by Crippen LogP contribution is -2.19. The summed E-state index contributed by atoms with van der Waals surface area (Å²) in [6.45, 7) is 5.67. The molecular weight excluding hydrogens is 408 g/mol. The number of methoxy groups -OCH3 is 1. The quantitative estimate of drug-likeness (QED) is 0.356. The molecule has 0 aromatic carbocycles. The van der Waals surface area contributed by atoms with Crippen LogP contribution in [0, 0.1) is 0 Å². The van der Waals surface area contributed by atoms with E-state index in [4.69, 9.17) is 19.3 Å². The first kappa shape index (κ1) is 22.0. The van der Waals surface area contributed by atoms with E-state index < -0.39 is 6.16 Å². The van der Waals surface area contributed by atoms with Gasteiger partial charge in [0.2, 0.25) is 5.95 Å². The van der Waals surface area contributed by atoms with Gasteiger partial charge in [0.25, 0.3) is 5.88 Å². The molecule has 0 fully saturated rings.